The van der Waals surface area contributed by atoms with Crippen molar-refractivity contribution in [2.24, 2.45) is 0 Å². The molecule has 0 atom stereocenters. The highest BCUT2D eigenvalue weighted by atomic mass is 35.5. The van der Waals surface area contributed by atoms with Gasteiger partial charge in [-0.25, -0.2) is 4.79 Å². The van der Waals surface area contributed by atoms with Gasteiger partial charge in [-0.3, -0.25) is 14.3 Å². The minimum Gasteiger partial charge on any atom is -0.408 e. The number of piperidine rings is 1. The van der Waals surface area contributed by atoms with E-state index in [9.17, 15) is 9.59 Å². The van der Waals surface area contributed by atoms with Crippen LogP contribution in [0.15, 0.2) is 51.9 Å². The van der Waals surface area contributed by atoms with Crippen molar-refractivity contribution in [2.45, 2.75) is 18.9 Å². The Hall–Kier alpha value is -2.60. The Balaban J connectivity index is 1.55. The van der Waals surface area contributed by atoms with Crippen LogP contribution in [0, 0.1) is 0 Å². The molecule has 3 heterocycles. The summed E-state index contributed by atoms with van der Waals surface area (Å²) in [6, 6.07) is 8.65. The highest BCUT2D eigenvalue weighted by Gasteiger charge is 2.27. The van der Waals surface area contributed by atoms with Gasteiger partial charge in [0.05, 0.1) is 11.1 Å². The number of nitrogens with zero attached hydrogens (tertiary/aromatic N) is 3. The number of carbonyl (C=O) groups is 1. The van der Waals surface area contributed by atoms with Crippen LogP contribution < -0.4 is 5.76 Å². The van der Waals surface area contributed by atoms with Crippen LogP contribution in [-0.2, 0) is 0 Å². The first kappa shape index (κ1) is 15.9. The Morgan fingerprint density at radius 2 is 2.04 bits per heavy atom. The summed E-state index contributed by atoms with van der Waals surface area (Å²) in [4.78, 5) is 30.5. The third-order valence-electron chi connectivity index (χ3n) is 4.60. The van der Waals surface area contributed by atoms with Crippen LogP contribution in [0.4, 0.5) is 0 Å². The highest BCUT2D eigenvalue weighted by molar-refractivity contribution is 6.31. The molecule has 1 saturated heterocycles. The molecule has 25 heavy (non-hydrogen) atoms. The lowest BCUT2D eigenvalue weighted by atomic mass is 10.0. The van der Waals surface area contributed by atoms with E-state index in [-0.39, 0.29) is 17.7 Å². The largest absolute Gasteiger partial charge is 0.420 e. The molecule has 0 bridgehead atoms. The Labute approximate surface area is 148 Å². The molecule has 1 aliphatic heterocycles. The van der Waals surface area contributed by atoms with Gasteiger partial charge in [0.15, 0.2) is 5.58 Å². The number of hydrogen-bond acceptors (Lipinski definition) is 4. The van der Waals surface area contributed by atoms with Crippen LogP contribution in [0.25, 0.3) is 11.1 Å². The molecule has 0 spiro atoms. The van der Waals surface area contributed by atoms with Crippen LogP contribution in [0.2, 0.25) is 5.02 Å². The molecule has 4 rings (SSSR count). The number of amides is 1. The molecule has 0 saturated carbocycles. The summed E-state index contributed by atoms with van der Waals surface area (Å²) in [5.41, 5.74) is 1.82. The minimum atomic E-state index is -0.380. The van der Waals surface area contributed by atoms with Gasteiger partial charge in [-0.1, -0.05) is 11.6 Å². The van der Waals surface area contributed by atoms with Crippen molar-refractivity contribution in [3.63, 3.8) is 0 Å². The molecule has 1 amide bonds. The standard InChI is InChI=1S/C18H16ClN3O3/c19-13-3-4-16-15(10-13)22(18(24)25-16)14-5-8-21(9-6-14)17(23)12-2-1-7-20-11-12/h1-4,7,10-11,14H,5-6,8-9H2. The van der Waals surface area contributed by atoms with E-state index in [2.05, 4.69) is 4.98 Å². The number of oxazole rings is 1. The van der Waals surface area contributed by atoms with Gasteiger partial charge in [-0.15, -0.1) is 0 Å². The normalized spacial score (nSPS) is 15.6. The zero-order valence-electron chi connectivity index (χ0n) is 13.4. The maximum absolute atomic E-state index is 12.5. The Morgan fingerprint density at radius 3 is 2.76 bits per heavy atom. The van der Waals surface area contributed by atoms with Gasteiger partial charge in [0.1, 0.15) is 0 Å². The molecule has 6 nitrogen and oxygen atoms in total. The topological polar surface area (TPSA) is 68.3 Å². The number of rotatable bonds is 2. The number of aromatic nitrogens is 2. The van der Waals surface area contributed by atoms with Crippen LogP contribution >= 0.6 is 11.6 Å². The third-order valence-corrected chi connectivity index (χ3v) is 4.83. The van der Waals surface area contributed by atoms with E-state index < -0.39 is 0 Å². The second-order valence-electron chi connectivity index (χ2n) is 6.12. The molecule has 0 radical (unpaired) electrons. The van der Waals surface area contributed by atoms with Crippen molar-refractivity contribution in [3.05, 3.63) is 63.9 Å². The van der Waals surface area contributed by atoms with Crippen molar-refractivity contribution < 1.29 is 9.21 Å². The second-order valence-corrected chi connectivity index (χ2v) is 6.55. The number of carbonyl (C=O) groups excluding carboxylic acids is 1. The third kappa shape index (κ3) is 2.93. The summed E-state index contributed by atoms with van der Waals surface area (Å²) < 4.78 is 6.97. The molecule has 0 unspecified atom stereocenters. The zero-order chi connectivity index (χ0) is 17.4. The summed E-state index contributed by atoms with van der Waals surface area (Å²) >= 11 is 6.06. The van der Waals surface area contributed by atoms with Gasteiger partial charge in [-0.2, -0.15) is 0 Å². The van der Waals surface area contributed by atoms with E-state index >= 15 is 0 Å². The first-order valence-corrected chi connectivity index (χ1v) is 8.51. The van der Waals surface area contributed by atoms with Crippen molar-refractivity contribution >= 4 is 28.6 Å². The second kappa shape index (κ2) is 6.37. The van der Waals surface area contributed by atoms with Crippen LogP contribution in [0.5, 0.6) is 0 Å². The summed E-state index contributed by atoms with van der Waals surface area (Å²) in [5.74, 6) is -0.409. The molecule has 0 aliphatic carbocycles. The van der Waals surface area contributed by atoms with E-state index in [0.717, 1.165) is 0 Å². The highest BCUT2D eigenvalue weighted by Crippen LogP contribution is 2.27. The Bertz CT molecular complexity index is 972. The smallest absolute Gasteiger partial charge is 0.408 e. The van der Waals surface area contributed by atoms with Crippen LogP contribution in [0.3, 0.4) is 0 Å². The number of fused-ring (bicyclic) bond motifs is 1. The van der Waals surface area contributed by atoms with Crippen LogP contribution in [-0.4, -0.2) is 33.4 Å². The first-order chi connectivity index (χ1) is 12.1. The van der Waals surface area contributed by atoms with Gasteiger partial charge in [0.2, 0.25) is 0 Å². The van der Waals surface area contributed by atoms with Gasteiger partial charge < -0.3 is 9.32 Å². The van der Waals surface area contributed by atoms with Gasteiger partial charge in [0, 0.05) is 36.5 Å². The summed E-state index contributed by atoms with van der Waals surface area (Å²) in [6.45, 7) is 1.16. The molecule has 3 aromatic rings. The van der Waals surface area contributed by atoms with Gasteiger partial charge in [0.25, 0.3) is 5.91 Å². The Morgan fingerprint density at radius 1 is 1.24 bits per heavy atom. The molecular formula is C18H16ClN3O3. The number of hydrogen-bond donors (Lipinski definition) is 0. The molecule has 2 aromatic heterocycles. The molecule has 0 N–H and O–H groups in total. The van der Waals surface area contributed by atoms with Crippen molar-refractivity contribution in [3.8, 4) is 0 Å². The van der Waals surface area contributed by atoms with Crippen molar-refractivity contribution in [1.29, 1.82) is 0 Å². The SMILES string of the molecule is O=C(c1cccnc1)N1CCC(n2c(=O)oc3ccc(Cl)cc32)CC1. The molecule has 128 valence electrons. The van der Waals surface area contributed by atoms with Crippen LogP contribution in [0.1, 0.15) is 29.2 Å². The summed E-state index contributed by atoms with van der Waals surface area (Å²) in [6.07, 6.45) is 4.59. The quantitative estimate of drug-likeness (QED) is 0.706. The predicted molar refractivity (Wildman–Crippen MR) is 93.9 cm³/mol. The molecular weight excluding hydrogens is 342 g/mol. The Kier molecular flexibility index (Phi) is 4.05. The van der Waals surface area contributed by atoms with Crippen molar-refractivity contribution in [1.82, 2.24) is 14.5 Å². The monoisotopic (exact) mass is 357 g/mol. The average Bonchev–Trinajstić information content (AvgIpc) is 2.97. The number of benzene rings is 1. The van der Waals surface area contributed by atoms with E-state index in [0.29, 0.717) is 47.6 Å². The number of pyridine rings is 1. The zero-order valence-corrected chi connectivity index (χ0v) is 14.1. The molecule has 1 aromatic carbocycles. The maximum atomic E-state index is 12.5. The fourth-order valence-electron chi connectivity index (χ4n) is 3.35. The van der Waals surface area contributed by atoms with Gasteiger partial charge >= 0.3 is 5.76 Å². The number of halogens is 1. The first-order valence-electron chi connectivity index (χ1n) is 8.13. The minimum absolute atomic E-state index is 0.00911. The lowest BCUT2D eigenvalue weighted by Crippen LogP contribution is -2.40. The fourth-order valence-corrected chi connectivity index (χ4v) is 3.52. The average molecular weight is 358 g/mol. The number of likely N-dealkylation sites (tertiary alicyclic amines) is 1. The predicted octanol–water partition coefficient (Wildman–Crippen LogP) is 3.12. The lowest BCUT2D eigenvalue weighted by molar-refractivity contribution is 0.0693. The summed E-state index contributed by atoms with van der Waals surface area (Å²) in [7, 11) is 0. The lowest BCUT2D eigenvalue weighted by Gasteiger charge is -2.32. The molecule has 1 fully saturated rings. The van der Waals surface area contributed by atoms with E-state index in [4.69, 9.17) is 16.0 Å². The van der Waals surface area contributed by atoms with Gasteiger partial charge in [-0.05, 0) is 43.2 Å². The van der Waals surface area contributed by atoms with E-state index in [1.807, 2.05) is 0 Å². The summed E-state index contributed by atoms with van der Waals surface area (Å²) in [5, 5.41) is 0.561. The van der Waals surface area contributed by atoms with E-state index in [1.165, 1.54) is 0 Å². The fraction of sp³-hybridized carbons (Fsp3) is 0.278. The molecule has 1 aliphatic rings. The molecule has 7 heteroatoms. The maximum Gasteiger partial charge on any atom is 0.420 e. The van der Waals surface area contributed by atoms with Crippen molar-refractivity contribution in [2.75, 3.05) is 13.1 Å². The van der Waals surface area contributed by atoms with E-state index in [1.54, 1.807) is 52.2 Å².